The number of anilines is 1. The maximum atomic E-state index is 12.2. The molecule has 2 aromatic carbocycles. The molecule has 1 amide bonds. The molecule has 3 rings (SSSR count). The second-order valence-corrected chi connectivity index (χ2v) is 10.3. The Kier molecular flexibility index (Phi) is 6.29. The van der Waals surface area contributed by atoms with Crippen molar-refractivity contribution in [3.63, 3.8) is 0 Å². The average Bonchev–Trinajstić information content (AvgIpc) is 3.06. The zero-order chi connectivity index (χ0) is 21.2. The molecule has 0 saturated heterocycles. The number of fused-ring (bicyclic) bond motifs is 1. The summed E-state index contributed by atoms with van der Waals surface area (Å²) in [4.78, 5) is 14.7. The highest BCUT2D eigenvalue weighted by Gasteiger charge is 2.20. The lowest BCUT2D eigenvalue weighted by Crippen LogP contribution is -2.29. The van der Waals surface area contributed by atoms with Gasteiger partial charge in [0, 0.05) is 25.8 Å². The van der Waals surface area contributed by atoms with Crippen LogP contribution in [0.4, 0.5) is 5.69 Å². The summed E-state index contributed by atoms with van der Waals surface area (Å²) in [6.45, 7) is 4.39. The second-order valence-electron chi connectivity index (χ2n) is 7.79. The molecule has 0 aromatic heterocycles. The van der Waals surface area contributed by atoms with E-state index in [9.17, 15) is 18.3 Å². The molecule has 1 atom stereocenters. The molecule has 0 bridgehead atoms. The topological polar surface area (TPSA) is 86.7 Å². The fraction of sp³-hybridized carbons (Fsp3) is 0.409. The summed E-state index contributed by atoms with van der Waals surface area (Å²) >= 11 is 0. The molecule has 0 aliphatic carbocycles. The molecule has 7 heteroatoms. The minimum absolute atomic E-state index is 0.129. The minimum Gasteiger partial charge on any atom is -0.387 e. The van der Waals surface area contributed by atoms with E-state index in [1.165, 1.54) is 23.4 Å². The van der Waals surface area contributed by atoms with Gasteiger partial charge in [-0.05, 0) is 55.2 Å². The lowest BCUT2D eigenvalue weighted by molar-refractivity contribution is -0.120. The van der Waals surface area contributed by atoms with E-state index >= 15 is 0 Å². The van der Waals surface area contributed by atoms with Crippen molar-refractivity contribution in [1.29, 1.82) is 0 Å². The van der Waals surface area contributed by atoms with Crippen LogP contribution in [-0.4, -0.2) is 44.8 Å². The predicted octanol–water partition coefficient (Wildman–Crippen LogP) is 2.25. The van der Waals surface area contributed by atoms with Crippen molar-refractivity contribution in [3.8, 4) is 0 Å². The van der Waals surface area contributed by atoms with Crippen molar-refractivity contribution in [1.82, 2.24) is 5.32 Å². The van der Waals surface area contributed by atoms with E-state index in [0.717, 1.165) is 24.1 Å². The summed E-state index contributed by atoms with van der Waals surface area (Å²) in [7, 11) is -1.27. The van der Waals surface area contributed by atoms with E-state index in [-0.39, 0.29) is 23.8 Å². The van der Waals surface area contributed by atoms with Crippen molar-refractivity contribution in [2.45, 2.75) is 42.9 Å². The predicted molar refractivity (Wildman–Crippen MR) is 114 cm³/mol. The molecular formula is C22H28N2O4S. The van der Waals surface area contributed by atoms with Gasteiger partial charge >= 0.3 is 0 Å². The maximum Gasteiger partial charge on any atom is 0.224 e. The van der Waals surface area contributed by atoms with Crippen molar-refractivity contribution in [2.24, 2.45) is 0 Å². The van der Waals surface area contributed by atoms with Crippen LogP contribution in [0.5, 0.6) is 0 Å². The summed E-state index contributed by atoms with van der Waals surface area (Å²) in [5.74, 6) is -0.218. The fourth-order valence-electron chi connectivity index (χ4n) is 3.44. The Morgan fingerprint density at radius 1 is 1.17 bits per heavy atom. The van der Waals surface area contributed by atoms with Gasteiger partial charge in [-0.25, -0.2) is 8.42 Å². The number of carbonyl (C=O) groups excluding carboxylic acids is 1. The van der Waals surface area contributed by atoms with Crippen molar-refractivity contribution >= 4 is 21.4 Å². The number of nitrogens with one attached hydrogen (secondary N) is 1. The van der Waals surface area contributed by atoms with Crippen molar-refractivity contribution in [3.05, 3.63) is 59.2 Å². The van der Waals surface area contributed by atoms with Gasteiger partial charge in [0.2, 0.25) is 5.91 Å². The standard InChI is InChI=1S/C22H28N2O4S/c1-15(2)29(27,28)19-7-4-16(5-8-19)12-22(26)23-14-21(25)18-6-9-20-17(13-18)10-11-24(20)3/h4-9,13,15,21,25H,10-12,14H2,1-3H3,(H,23,26). The fourth-order valence-corrected chi connectivity index (χ4v) is 4.50. The highest BCUT2D eigenvalue weighted by atomic mass is 32.2. The number of rotatable bonds is 7. The number of nitrogens with zero attached hydrogens (tertiary/aromatic N) is 1. The van der Waals surface area contributed by atoms with E-state index in [1.807, 2.05) is 25.2 Å². The van der Waals surface area contributed by atoms with E-state index in [0.29, 0.717) is 0 Å². The number of sulfone groups is 1. The molecule has 2 aromatic rings. The smallest absolute Gasteiger partial charge is 0.224 e. The molecule has 0 saturated carbocycles. The van der Waals surface area contributed by atoms with E-state index in [1.54, 1.807) is 26.0 Å². The van der Waals surface area contributed by atoms with Gasteiger partial charge in [-0.15, -0.1) is 0 Å². The van der Waals surface area contributed by atoms with Gasteiger partial charge in [-0.3, -0.25) is 4.79 Å². The summed E-state index contributed by atoms with van der Waals surface area (Å²) in [6.07, 6.45) is 0.319. The quantitative estimate of drug-likeness (QED) is 0.723. The van der Waals surface area contributed by atoms with Crippen molar-refractivity contribution < 1.29 is 18.3 Å². The lowest BCUT2D eigenvalue weighted by atomic mass is 10.0. The van der Waals surface area contributed by atoms with Crippen LogP contribution >= 0.6 is 0 Å². The first-order valence-corrected chi connectivity index (χ1v) is 11.3. The zero-order valence-electron chi connectivity index (χ0n) is 17.1. The molecule has 1 aliphatic heterocycles. The van der Waals surface area contributed by atoms with Crippen LogP contribution in [0, 0.1) is 0 Å². The Labute approximate surface area is 172 Å². The highest BCUT2D eigenvalue weighted by Crippen LogP contribution is 2.29. The number of likely N-dealkylation sites (N-methyl/N-ethyl adjacent to an activating group) is 1. The van der Waals surface area contributed by atoms with Gasteiger partial charge in [0.1, 0.15) is 0 Å². The van der Waals surface area contributed by atoms with Gasteiger partial charge < -0.3 is 15.3 Å². The van der Waals surface area contributed by atoms with Crippen LogP contribution < -0.4 is 10.2 Å². The van der Waals surface area contributed by atoms with Crippen LogP contribution in [0.15, 0.2) is 47.4 Å². The van der Waals surface area contributed by atoms with Gasteiger partial charge in [0.25, 0.3) is 0 Å². The van der Waals surface area contributed by atoms with Crippen LogP contribution in [0.25, 0.3) is 0 Å². The Morgan fingerprint density at radius 2 is 1.86 bits per heavy atom. The third kappa shape index (κ3) is 4.79. The Balaban J connectivity index is 1.55. The lowest BCUT2D eigenvalue weighted by Gasteiger charge is -2.15. The minimum atomic E-state index is -3.32. The Hall–Kier alpha value is -2.38. The normalized spacial score (nSPS) is 14.7. The van der Waals surface area contributed by atoms with E-state index in [2.05, 4.69) is 10.2 Å². The van der Waals surface area contributed by atoms with Crippen molar-refractivity contribution in [2.75, 3.05) is 25.0 Å². The maximum absolute atomic E-state index is 12.2. The average molecular weight is 417 g/mol. The van der Waals surface area contributed by atoms with Gasteiger partial charge in [-0.2, -0.15) is 0 Å². The van der Waals surface area contributed by atoms with Gasteiger partial charge in [0.05, 0.1) is 22.7 Å². The number of carbonyl (C=O) groups is 1. The van der Waals surface area contributed by atoms with Crippen LogP contribution in [0.3, 0.4) is 0 Å². The third-order valence-corrected chi connectivity index (χ3v) is 7.52. The molecule has 156 valence electrons. The van der Waals surface area contributed by atoms with Gasteiger partial charge in [-0.1, -0.05) is 24.3 Å². The molecule has 1 aliphatic rings. The first-order chi connectivity index (χ1) is 13.7. The molecule has 1 unspecified atom stereocenters. The number of amides is 1. The number of aliphatic hydroxyl groups excluding tert-OH is 1. The Morgan fingerprint density at radius 3 is 2.52 bits per heavy atom. The molecule has 2 N–H and O–H groups in total. The molecule has 29 heavy (non-hydrogen) atoms. The van der Waals surface area contributed by atoms with Crippen LogP contribution in [0.2, 0.25) is 0 Å². The number of benzene rings is 2. The zero-order valence-corrected chi connectivity index (χ0v) is 17.9. The SMILES string of the molecule is CC(C)S(=O)(=O)c1ccc(CC(=O)NCC(O)c2ccc3c(c2)CCN3C)cc1. The molecule has 1 heterocycles. The summed E-state index contributed by atoms with van der Waals surface area (Å²) in [5, 5.41) is 12.7. The second kappa shape index (κ2) is 8.55. The third-order valence-electron chi connectivity index (χ3n) is 5.35. The van der Waals surface area contributed by atoms with Crippen LogP contribution in [-0.2, 0) is 27.5 Å². The molecule has 0 spiro atoms. The van der Waals surface area contributed by atoms with E-state index < -0.39 is 21.2 Å². The summed E-state index contributed by atoms with van der Waals surface area (Å²) in [5.41, 5.74) is 3.92. The Bertz CT molecular complexity index is 984. The summed E-state index contributed by atoms with van der Waals surface area (Å²) in [6, 6.07) is 12.3. The first-order valence-electron chi connectivity index (χ1n) is 9.80. The molecule has 0 radical (unpaired) electrons. The number of hydrogen-bond acceptors (Lipinski definition) is 5. The number of aliphatic hydroxyl groups is 1. The molecule has 6 nitrogen and oxygen atoms in total. The first kappa shape index (κ1) is 21.3. The monoisotopic (exact) mass is 416 g/mol. The van der Waals surface area contributed by atoms with E-state index in [4.69, 9.17) is 0 Å². The number of hydrogen-bond donors (Lipinski definition) is 2. The molecular weight excluding hydrogens is 388 g/mol. The van der Waals surface area contributed by atoms with Crippen LogP contribution in [0.1, 0.15) is 36.6 Å². The summed E-state index contributed by atoms with van der Waals surface area (Å²) < 4.78 is 24.3. The van der Waals surface area contributed by atoms with Gasteiger partial charge in [0.15, 0.2) is 9.84 Å². The largest absolute Gasteiger partial charge is 0.387 e. The molecule has 0 fully saturated rings. The highest BCUT2D eigenvalue weighted by molar-refractivity contribution is 7.92.